The normalized spacial score (nSPS) is 14.8. The first-order chi connectivity index (χ1) is 17.4. The molecule has 11 heteroatoms. The molecular weight excluding hydrogens is 482 g/mol. The lowest BCUT2D eigenvalue weighted by molar-refractivity contribution is 0.0664. The summed E-state index contributed by atoms with van der Waals surface area (Å²) in [4.78, 5) is 38.2. The second-order valence-corrected chi connectivity index (χ2v) is 9.32. The van der Waals surface area contributed by atoms with Crippen LogP contribution in [0.4, 0.5) is 5.13 Å². The van der Waals surface area contributed by atoms with Gasteiger partial charge in [0.25, 0.3) is 11.8 Å². The number of ether oxygens (including phenoxy) is 3. The van der Waals surface area contributed by atoms with Gasteiger partial charge in [-0.2, -0.15) is 4.98 Å². The number of piperazine rings is 1. The lowest BCUT2D eigenvalue weighted by Crippen LogP contribution is -2.47. The summed E-state index contributed by atoms with van der Waals surface area (Å²) in [5.41, 5.74) is 0.894. The first kappa shape index (κ1) is 25.5. The molecule has 36 heavy (non-hydrogen) atoms. The van der Waals surface area contributed by atoms with Crippen molar-refractivity contribution in [1.29, 1.82) is 0 Å². The van der Waals surface area contributed by atoms with E-state index in [2.05, 4.69) is 20.2 Å². The standard InChI is InChI=1S/C25H29N5O5S/c1-17(16-33-3)34-21-14-19(23(31)28-25-26-8-13-36-25)15-22(27-21)35-20-6-4-18(5-7-20)24(32)30-11-9-29(2)10-12-30/h4-8,13-15,17H,9-12,16H2,1-3H3,(H,26,28,31)/t17-/m1/s1. The van der Waals surface area contributed by atoms with Crippen molar-refractivity contribution in [3.05, 3.63) is 59.1 Å². The summed E-state index contributed by atoms with van der Waals surface area (Å²) in [6, 6.07) is 9.95. The third-order valence-electron chi connectivity index (χ3n) is 5.53. The van der Waals surface area contributed by atoms with Crippen molar-refractivity contribution in [3.63, 3.8) is 0 Å². The van der Waals surface area contributed by atoms with E-state index in [1.165, 1.54) is 17.4 Å². The second-order valence-electron chi connectivity index (χ2n) is 8.43. The van der Waals surface area contributed by atoms with Crippen LogP contribution in [0.15, 0.2) is 48.0 Å². The van der Waals surface area contributed by atoms with Gasteiger partial charge in [-0.1, -0.05) is 0 Å². The number of nitrogens with one attached hydrogen (secondary N) is 1. The summed E-state index contributed by atoms with van der Waals surface area (Å²) >= 11 is 1.32. The van der Waals surface area contributed by atoms with Crippen molar-refractivity contribution in [2.45, 2.75) is 13.0 Å². The van der Waals surface area contributed by atoms with Crippen LogP contribution >= 0.6 is 11.3 Å². The SMILES string of the molecule is COC[C@@H](C)Oc1cc(C(=O)Nc2nccs2)cc(Oc2ccc(C(=O)N3CCN(C)CC3)cc2)n1. The van der Waals surface area contributed by atoms with Crippen molar-refractivity contribution in [3.8, 4) is 17.5 Å². The van der Waals surface area contributed by atoms with Crippen LogP contribution in [0.1, 0.15) is 27.6 Å². The average Bonchev–Trinajstić information content (AvgIpc) is 3.37. The summed E-state index contributed by atoms with van der Waals surface area (Å²) < 4.78 is 16.9. The minimum Gasteiger partial charge on any atom is -0.472 e. The van der Waals surface area contributed by atoms with Gasteiger partial charge >= 0.3 is 0 Å². The first-order valence-corrected chi connectivity index (χ1v) is 12.4. The molecule has 4 rings (SSSR count). The molecule has 1 aliphatic heterocycles. The Labute approximate surface area is 213 Å². The van der Waals surface area contributed by atoms with Crippen LogP contribution in [-0.2, 0) is 4.74 Å². The smallest absolute Gasteiger partial charge is 0.257 e. The Morgan fingerprint density at radius 3 is 2.47 bits per heavy atom. The van der Waals surface area contributed by atoms with Crippen LogP contribution in [0.3, 0.4) is 0 Å². The van der Waals surface area contributed by atoms with Gasteiger partial charge < -0.3 is 24.0 Å². The Hall–Kier alpha value is -3.54. The third kappa shape index (κ3) is 6.78. The van der Waals surface area contributed by atoms with Crippen molar-refractivity contribution < 1.29 is 23.8 Å². The quantitative estimate of drug-likeness (QED) is 0.466. The van der Waals surface area contributed by atoms with E-state index in [-0.39, 0.29) is 29.7 Å². The number of amides is 2. The number of nitrogens with zero attached hydrogens (tertiary/aromatic N) is 4. The Morgan fingerprint density at radius 1 is 1.08 bits per heavy atom. The monoisotopic (exact) mass is 511 g/mol. The van der Waals surface area contributed by atoms with E-state index in [1.807, 2.05) is 18.9 Å². The predicted octanol–water partition coefficient (Wildman–Crippen LogP) is 3.38. The number of aromatic nitrogens is 2. The van der Waals surface area contributed by atoms with Crippen molar-refractivity contribution >= 4 is 28.3 Å². The maximum atomic E-state index is 12.8. The van der Waals surface area contributed by atoms with Crippen LogP contribution in [0, 0.1) is 0 Å². The predicted molar refractivity (Wildman–Crippen MR) is 136 cm³/mol. The number of rotatable bonds is 9. The zero-order chi connectivity index (χ0) is 25.5. The molecule has 0 saturated carbocycles. The minimum atomic E-state index is -0.366. The van der Waals surface area contributed by atoms with Gasteiger partial charge in [-0.25, -0.2) is 4.98 Å². The molecule has 190 valence electrons. The largest absolute Gasteiger partial charge is 0.472 e. The highest BCUT2D eigenvalue weighted by Crippen LogP contribution is 2.26. The van der Waals surface area contributed by atoms with Crippen LogP contribution in [0.2, 0.25) is 0 Å². The molecule has 3 aromatic rings. The molecule has 1 aliphatic rings. The highest BCUT2D eigenvalue weighted by molar-refractivity contribution is 7.13. The van der Waals surface area contributed by atoms with Gasteiger partial charge in [-0.15, -0.1) is 11.3 Å². The Kier molecular flexibility index (Phi) is 8.47. The molecule has 1 saturated heterocycles. The Balaban J connectivity index is 1.50. The number of anilines is 1. The molecule has 1 fully saturated rings. The molecule has 0 unspecified atom stereocenters. The molecule has 0 radical (unpaired) electrons. The fraction of sp³-hybridized carbons (Fsp3) is 0.360. The number of pyridine rings is 1. The number of carbonyl (C=O) groups is 2. The number of methoxy groups -OCH3 is 1. The number of benzene rings is 1. The molecule has 1 N–H and O–H groups in total. The van der Waals surface area contributed by atoms with E-state index in [4.69, 9.17) is 14.2 Å². The molecule has 0 bridgehead atoms. The highest BCUT2D eigenvalue weighted by atomic mass is 32.1. The highest BCUT2D eigenvalue weighted by Gasteiger charge is 2.20. The fourth-order valence-electron chi connectivity index (χ4n) is 3.63. The van der Waals surface area contributed by atoms with Crippen molar-refractivity contribution in [2.75, 3.05) is 52.3 Å². The zero-order valence-electron chi connectivity index (χ0n) is 20.5. The molecule has 2 aromatic heterocycles. The van der Waals surface area contributed by atoms with Crippen molar-refractivity contribution in [1.82, 2.24) is 19.8 Å². The fourth-order valence-corrected chi connectivity index (χ4v) is 4.16. The number of hydrogen-bond donors (Lipinski definition) is 1. The van der Waals surface area contributed by atoms with E-state index in [0.29, 0.717) is 41.7 Å². The topological polar surface area (TPSA) is 106 Å². The van der Waals surface area contributed by atoms with Gasteiger partial charge in [0.1, 0.15) is 11.9 Å². The van der Waals surface area contributed by atoms with Crippen LogP contribution < -0.4 is 14.8 Å². The summed E-state index contributed by atoms with van der Waals surface area (Å²) in [6.07, 6.45) is 1.33. The van der Waals surface area contributed by atoms with Gasteiger partial charge in [-0.3, -0.25) is 14.9 Å². The molecule has 1 atom stereocenters. The molecule has 0 aliphatic carbocycles. The number of carbonyl (C=O) groups excluding carboxylic acids is 2. The maximum Gasteiger partial charge on any atom is 0.257 e. The van der Waals surface area contributed by atoms with Gasteiger partial charge in [0, 0.05) is 62.6 Å². The first-order valence-electron chi connectivity index (χ1n) is 11.6. The van der Waals surface area contributed by atoms with Gasteiger partial charge in [-0.05, 0) is 38.2 Å². The number of hydrogen-bond acceptors (Lipinski definition) is 9. The Bertz CT molecular complexity index is 1160. The van der Waals surface area contributed by atoms with Gasteiger partial charge in [0.05, 0.1) is 12.2 Å². The Morgan fingerprint density at radius 2 is 1.81 bits per heavy atom. The minimum absolute atomic E-state index is 0.00329. The maximum absolute atomic E-state index is 12.8. The van der Waals surface area contributed by atoms with Crippen molar-refractivity contribution in [2.24, 2.45) is 0 Å². The molecule has 1 aromatic carbocycles. The van der Waals surface area contributed by atoms with Gasteiger partial charge in [0.15, 0.2) is 5.13 Å². The third-order valence-corrected chi connectivity index (χ3v) is 6.22. The number of likely N-dealkylation sites (N-methyl/N-ethyl adjacent to an activating group) is 1. The second kappa shape index (κ2) is 11.9. The zero-order valence-corrected chi connectivity index (χ0v) is 21.3. The molecule has 3 heterocycles. The van der Waals surface area contributed by atoms with Crippen LogP contribution in [0.25, 0.3) is 0 Å². The average molecular weight is 512 g/mol. The van der Waals surface area contributed by atoms with Gasteiger partial charge in [0.2, 0.25) is 11.8 Å². The summed E-state index contributed by atoms with van der Waals surface area (Å²) in [5.74, 6) is 0.513. The van der Waals surface area contributed by atoms with E-state index in [1.54, 1.807) is 49.0 Å². The van der Waals surface area contributed by atoms with Crippen LogP contribution in [0.5, 0.6) is 17.5 Å². The summed E-state index contributed by atoms with van der Waals surface area (Å²) in [5, 5.41) is 5.00. The molecular formula is C25H29N5O5S. The number of thiazole rings is 1. The van der Waals surface area contributed by atoms with E-state index in [0.717, 1.165) is 13.1 Å². The lowest BCUT2D eigenvalue weighted by atomic mass is 10.1. The van der Waals surface area contributed by atoms with E-state index < -0.39 is 0 Å². The molecule has 0 spiro atoms. The summed E-state index contributed by atoms with van der Waals surface area (Å²) in [6.45, 7) is 5.33. The molecule has 2 amide bonds. The molecule has 10 nitrogen and oxygen atoms in total. The van der Waals surface area contributed by atoms with E-state index in [9.17, 15) is 9.59 Å². The summed E-state index contributed by atoms with van der Waals surface area (Å²) in [7, 11) is 3.63. The van der Waals surface area contributed by atoms with E-state index >= 15 is 0 Å². The lowest BCUT2D eigenvalue weighted by Gasteiger charge is -2.32. The van der Waals surface area contributed by atoms with Crippen LogP contribution in [-0.4, -0.2) is 84.6 Å².